The second-order valence-corrected chi connectivity index (χ2v) is 6.61. The minimum absolute atomic E-state index is 0.539. The molecule has 1 heterocycles. The smallest absolute Gasteiger partial charge is 0.175 e. The van der Waals surface area contributed by atoms with E-state index in [0.29, 0.717) is 5.11 Å². The quantitative estimate of drug-likeness (QED) is 0.482. The number of rotatable bonds is 2. The van der Waals surface area contributed by atoms with Gasteiger partial charge in [-0.3, -0.25) is 0 Å². The molecule has 0 aliphatic carbocycles. The van der Waals surface area contributed by atoms with Crippen LogP contribution in [0.15, 0.2) is 60.7 Å². The lowest BCUT2D eigenvalue weighted by Crippen LogP contribution is -2.19. The normalized spacial score (nSPS) is 10.8. The van der Waals surface area contributed by atoms with Crippen LogP contribution in [-0.4, -0.2) is 15.1 Å². The fourth-order valence-electron chi connectivity index (χ4n) is 2.93. The van der Waals surface area contributed by atoms with Gasteiger partial charge in [-0.25, -0.2) is 9.97 Å². The summed E-state index contributed by atoms with van der Waals surface area (Å²) in [6.07, 6.45) is 0. The molecule has 0 spiro atoms. The topological polar surface area (TPSA) is 49.8 Å². The molecule has 0 aliphatic heterocycles. The molecule has 0 saturated carbocycles. The molecule has 0 unspecified atom stereocenters. The number of anilines is 2. The van der Waals surface area contributed by atoms with Crippen LogP contribution in [0.3, 0.4) is 0 Å². The molecule has 0 saturated heterocycles. The molecule has 1 aromatic heterocycles. The van der Waals surface area contributed by atoms with E-state index in [4.69, 9.17) is 12.2 Å². The summed E-state index contributed by atoms with van der Waals surface area (Å²) >= 11 is 5.49. The summed E-state index contributed by atoms with van der Waals surface area (Å²) in [6.45, 7) is 3.94. The maximum Gasteiger partial charge on any atom is 0.175 e. The first-order valence-electron chi connectivity index (χ1n) is 8.41. The Kier molecular flexibility index (Phi) is 4.22. The van der Waals surface area contributed by atoms with Crippen LogP contribution in [0, 0.1) is 13.8 Å². The highest BCUT2D eigenvalue weighted by molar-refractivity contribution is 7.80. The van der Waals surface area contributed by atoms with Gasteiger partial charge in [-0.05, 0) is 55.7 Å². The zero-order valence-electron chi connectivity index (χ0n) is 14.6. The van der Waals surface area contributed by atoms with Crippen molar-refractivity contribution in [1.29, 1.82) is 0 Å². The van der Waals surface area contributed by atoms with Gasteiger partial charge >= 0.3 is 0 Å². The lowest BCUT2D eigenvalue weighted by atomic mass is 10.1. The predicted molar refractivity (Wildman–Crippen MR) is 113 cm³/mol. The third-order valence-electron chi connectivity index (χ3n) is 4.37. The molecule has 0 fully saturated rings. The Hall–Kier alpha value is -3.05. The minimum atomic E-state index is 0.539. The van der Waals surface area contributed by atoms with Crippen LogP contribution in [0.1, 0.15) is 11.4 Å². The number of aromatic nitrogens is 2. The van der Waals surface area contributed by atoms with Crippen molar-refractivity contribution in [3.05, 3.63) is 72.1 Å². The van der Waals surface area contributed by atoms with Gasteiger partial charge in [-0.1, -0.05) is 36.4 Å². The number of nitrogens with one attached hydrogen (secondary N) is 2. The van der Waals surface area contributed by atoms with E-state index in [1.165, 1.54) is 5.39 Å². The van der Waals surface area contributed by atoms with Gasteiger partial charge in [0.15, 0.2) is 5.11 Å². The first-order chi connectivity index (χ1) is 12.6. The monoisotopic (exact) mass is 358 g/mol. The van der Waals surface area contributed by atoms with Crippen molar-refractivity contribution in [3.8, 4) is 0 Å². The van der Waals surface area contributed by atoms with Crippen LogP contribution in [0.5, 0.6) is 0 Å². The van der Waals surface area contributed by atoms with E-state index in [1.54, 1.807) is 0 Å². The number of thiocarbonyl (C=S) groups is 1. The van der Waals surface area contributed by atoms with Gasteiger partial charge in [0.05, 0.1) is 22.4 Å². The van der Waals surface area contributed by atoms with E-state index in [9.17, 15) is 0 Å². The van der Waals surface area contributed by atoms with Crippen LogP contribution in [0.4, 0.5) is 11.4 Å². The van der Waals surface area contributed by atoms with Gasteiger partial charge in [0, 0.05) is 16.8 Å². The van der Waals surface area contributed by atoms with E-state index in [1.807, 2.05) is 56.3 Å². The molecule has 0 aliphatic rings. The van der Waals surface area contributed by atoms with Crippen LogP contribution in [-0.2, 0) is 0 Å². The Labute approximate surface area is 157 Å². The van der Waals surface area contributed by atoms with Crippen molar-refractivity contribution in [1.82, 2.24) is 9.97 Å². The molecular weight excluding hydrogens is 340 g/mol. The third-order valence-corrected chi connectivity index (χ3v) is 4.58. The van der Waals surface area contributed by atoms with Crippen LogP contribution in [0.25, 0.3) is 21.8 Å². The van der Waals surface area contributed by atoms with E-state index < -0.39 is 0 Å². The number of fused-ring (bicyclic) bond motifs is 2. The van der Waals surface area contributed by atoms with Gasteiger partial charge < -0.3 is 10.6 Å². The number of nitrogens with zero attached hydrogens (tertiary/aromatic N) is 2. The average molecular weight is 358 g/mol. The summed E-state index contributed by atoms with van der Waals surface area (Å²) in [5.41, 5.74) is 5.48. The molecule has 2 N–H and O–H groups in total. The minimum Gasteiger partial charge on any atom is -0.332 e. The molecule has 3 aromatic carbocycles. The van der Waals surface area contributed by atoms with E-state index in [-0.39, 0.29) is 0 Å². The second-order valence-electron chi connectivity index (χ2n) is 6.20. The largest absolute Gasteiger partial charge is 0.332 e. The van der Waals surface area contributed by atoms with E-state index in [0.717, 1.165) is 39.2 Å². The van der Waals surface area contributed by atoms with Gasteiger partial charge in [0.2, 0.25) is 0 Å². The van der Waals surface area contributed by atoms with Crippen LogP contribution in [0.2, 0.25) is 0 Å². The van der Waals surface area contributed by atoms with Crippen molar-refractivity contribution in [2.75, 3.05) is 10.6 Å². The molecule has 26 heavy (non-hydrogen) atoms. The number of hydrogen-bond donors (Lipinski definition) is 2. The molecule has 0 atom stereocenters. The summed E-state index contributed by atoms with van der Waals surface area (Å²) in [7, 11) is 0. The van der Waals surface area contributed by atoms with Crippen LogP contribution >= 0.6 is 12.2 Å². The lowest BCUT2D eigenvalue weighted by molar-refractivity contribution is 1.10. The Morgan fingerprint density at radius 2 is 1.54 bits per heavy atom. The summed E-state index contributed by atoms with van der Waals surface area (Å²) < 4.78 is 0. The number of hydrogen-bond acceptors (Lipinski definition) is 3. The Morgan fingerprint density at radius 1 is 0.808 bits per heavy atom. The van der Waals surface area contributed by atoms with Gasteiger partial charge in [0.25, 0.3) is 0 Å². The zero-order chi connectivity index (χ0) is 18.1. The van der Waals surface area contributed by atoms with E-state index in [2.05, 4.69) is 38.8 Å². The first-order valence-corrected chi connectivity index (χ1v) is 8.82. The Balaban J connectivity index is 1.58. The molecule has 0 amide bonds. The van der Waals surface area contributed by atoms with Gasteiger partial charge in [-0.15, -0.1) is 0 Å². The lowest BCUT2D eigenvalue weighted by Gasteiger charge is -2.13. The average Bonchev–Trinajstić information content (AvgIpc) is 2.63. The maximum atomic E-state index is 5.49. The molecule has 4 aromatic rings. The van der Waals surface area contributed by atoms with Crippen molar-refractivity contribution >= 4 is 50.5 Å². The standard InChI is InChI=1S/C21H18N4S/c1-13-14(2)23-20-12-16(10-11-19(20)22-13)24-21(26)25-18-9-5-7-15-6-3-4-8-17(15)18/h3-12H,1-2H3,(H2,24,25,26). The molecule has 4 nitrogen and oxygen atoms in total. The highest BCUT2D eigenvalue weighted by Crippen LogP contribution is 2.23. The molecule has 0 radical (unpaired) electrons. The first kappa shape index (κ1) is 16.4. The molecule has 0 bridgehead atoms. The van der Waals surface area contributed by atoms with Crippen molar-refractivity contribution < 1.29 is 0 Å². The highest BCUT2D eigenvalue weighted by atomic mass is 32.1. The van der Waals surface area contributed by atoms with E-state index >= 15 is 0 Å². The number of benzene rings is 3. The van der Waals surface area contributed by atoms with Gasteiger partial charge in [0.1, 0.15) is 0 Å². The number of aryl methyl sites for hydroxylation is 2. The molecular formula is C21H18N4S. The summed E-state index contributed by atoms with van der Waals surface area (Å²) in [5.74, 6) is 0. The summed E-state index contributed by atoms with van der Waals surface area (Å²) in [4.78, 5) is 9.16. The summed E-state index contributed by atoms with van der Waals surface area (Å²) in [6, 6.07) is 20.2. The molecule has 4 rings (SSSR count). The third kappa shape index (κ3) is 3.21. The molecule has 5 heteroatoms. The second kappa shape index (κ2) is 6.69. The predicted octanol–water partition coefficient (Wildman–Crippen LogP) is 5.21. The SMILES string of the molecule is Cc1nc2ccc(NC(=S)Nc3cccc4ccccc34)cc2nc1C. The Bertz CT molecular complexity index is 1130. The van der Waals surface area contributed by atoms with Crippen molar-refractivity contribution in [2.24, 2.45) is 0 Å². The highest BCUT2D eigenvalue weighted by Gasteiger charge is 2.06. The van der Waals surface area contributed by atoms with Crippen LogP contribution < -0.4 is 10.6 Å². The zero-order valence-corrected chi connectivity index (χ0v) is 15.4. The maximum absolute atomic E-state index is 5.49. The fraction of sp³-hybridized carbons (Fsp3) is 0.0952. The Morgan fingerprint density at radius 3 is 2.38 bits per heavy atom. The van der Waals surface area contributed by atoms with Gasteiger partial charge in [-0.2, -0.15) is 0 Å². The fourth-order valence-corrected chi connectivity index (χ4v) is 3.16. The molecule has 128 valence electrons. The van der Waals surface area contributed by atoms with Crippen molar-refractivity contribution in [2.45, 2.75) is 13.8 Å². The summed E-state index contributed by atoms with van der Waals surface area (Å²) in [5, 5.41) is 9.37. The van der Waals surface area contributed by atoms with Crippen molar-refractivity contribution in [3.63, 3.8) is 0 Å².